The van der Waals surface area contributed by atoms with Crippen LogP contribution in [0.5, 0.6) is 17.2 Å². The third kappa shape index (κ3) is 4.42. The van der Waals surface area contributed by atoms with Crippen molar-refractivity contribution in [3.8, 4) is 17.2 Å². The summed E-state index contributed by atoms with van der Waals surface area (Å²) in [5.74, 6) is 2.29. The molecule has 0 amide bonds. The van der Waals surface area contributed by atoms with Gasteiger partial charge in [-0.3, -0.25) is 0 Å². The number of phenols is 3. The standard InChI is InChI=1S/C32H38O3/c1-2-23-4-3-19-32(22-23,26-9-15-30(35)16-10-26)27-17-20-31(21-18-27,24-5-11-28(33)12-6-24)25-7-13-29(34)14-8-25/h5-16,23,27,33-35H,2-4,17-22H2,1H3. The molecule has 0 saturated heterocycles. The summed E-state index contributed by atoms with van der Waals surface area (Å²) in [4.78, 5) is 0. The first-order valence-corrected chi connectivity index (χ1v) is 13.3. The fraction of sp³-hybridized carbons (Fsp3) is 0.438. The van der Waals surface area contributed by atoms with Crippen LogP contribution in [0.4, 0.5) is 0 Å². The van der Waals surface area contributed by atoms with Gasteiger partial charge in [0.15, 0.2) is 0 Å². The van der Waals surface area contributed by atoms with Crippen LogP contribution >= 0.6 is 0 Å². The Morgan fingerprint density at radius 1 is 0.629 bits per heavy atom. The molecule has 3 heteroatoms. The normalized spacial score (nSPS) is 24.8. The van der Waals surface area contributed by atoms with Gasteiger partial charge in [0.2, 0.25) is 0 Å². The van der Waals surface area contributed by atoms with Crippen molar-refractivity contribution in [2.45, 2.75) is 75.5 Å². The van der Waals surface area contributed by atoms with Crippen molar-refractivity contribution in [2.24, 2.45) is 11.8 Å². The zero-order valence-corrected chi connectivity index (χ0v) is 20.8. The quantitative estimate of drug-likeness (QED) is 0.356. The van der Waals surface area contributed by atoms with Crippen molar-refractivity contribution in [2.75, 3.05) is 0 Å². The van der Waals surface area contributed by atoms with Gasteiger partial charge in [-0.25, -0.2) is 0 Å². The summed E-state index contributed by atoms with van der Waals surface area (Å²) in [7, 11) is 0. The molecule has 3 aromatic carbocycles. The molecule has 0 heterocycles. The van der Waals surface area contributed by atoms with E-state index >= 15 is 0 Å². The van der Waals surface area contributed by atoms with E-state index in [9.17, 15) is 15.3 Å². The highest BCUT2D eigenvalue weighted by molar-refractivity contribution is 5.44. The van der Waals surface area contributed by atoms with E-state index in [1.165, 1.54) is 48.8 Å². The van der Waals surface area contributed by atoms with Gasteiger partial charge in [0.05, 0.1) is 0 Å². The second-order valence-electron chi connectivity index (χ2n) is 11.0. The van der Waals surface area contributed by atoms with E-state index in [0.29, 0.717) is 23.2 Å². The molecular formula is C32H38O3. The minimum absolute atomic E-state index is 0.118. The lowest BCUT2D eigenvalue weighted by Crippen LogP contribution is -2.44. The third-order valence-corrected chi connectivity index (χ3v) is 9.37. The first-order valence-electron chi connectivity index (χ1n) is 13.3. The molecule has 35 heavy (non-hydrogen) atoms. The van der Waals surface area contributed by atoms with Crippen LogP contribution in [0.25, 0.3) is 0 Å². The van der Waals surface area contributed by atoms with Gasteiger partial charge in [-0.15, -0.1) is 0 Å². The van der Waals surface area contributed by atoms with Gasteiger partial charge in [-0.1, -0.05) is 62.6 Å². The average Bonchev–Trinajstić information content (AvgIpc) is 2.90. The van der Waals surface area contributed by atoms with Gasteiger partial charge in [0, 0.05) is 5.41 Å². The van der Waals surface area contributed by atoms with Crippen molar-refractivity contribution in [1.82, 2.24) is 0 Å². The topological polar surface area (TPSA) is 60.7 Å². The SMILES string of the molecule is CCC1CCCC(c2ccc(O)cc2)(C2CCC(c3ccc(O)cc3)(c3ccc(O)cc3)CC2)C1. The fourth-order valence-electron chi connectivity index (χ4n) is 7.40. The molecule has 0 spiro atoms. The summed E-state index contributed by atoms with van der Waals surface area (Å²) in [6.45, 7) is 2.33. The van der Waals surface area contributed by atoms with Gasteiger partial charge in [0.25, 0.3) is 0 Å². The fourth-order valence-corrected chi connectivity index (χ4v) is 7.40. The predicted molar refractivity (Wildman–Crippen MR) is 141 cm³/mol. The van der Waals surface area contributed by atoms with Crippen molar-refractivity contribution < 1.29 is 15.3 Å². The predicted octanol–water partition coefficient (Wildman–Crippen LogP) is 7.82. The molecule has 0 bridgehead atoms. The maximum atomic E-state index is 9.97. The third-order valence-electron chi connectivity index (χ3n) is 9.37. The molecule has 3 N–H and O–H groups in total. The minimum Gasteiger partial charge on any atom is -0.508 e. The molecule has 0 aliphatic heterocycles. The molecule has 3 nitrogen and oxygen atoms in total. The van der Waals surface area contributed by atoms with Gasteiger partial charge >= 0.3 is 0 Å². The average molecular weight is 471 g/mol. The maximum absolute atomic E-state index is 9.97. The summed E-state index contributed by atoms with van der Waals surface area (Å²) in [6, 6.07) is 23.6. The Bertz CT molecular complexity index is 1060. The Kier molecular flexibility index (Phi) is 6.53. The highest BCUT2D eigenvalue weighted by Gasteiger charge is 2.48. The van der Waals surface area contributed by atoms with Crippen LogP contribution in [0.1, 0.15) is 81.4 Å². The Morgan fingerprint density at radius 3 is 1.54 bits per heavy atom. The second kappa shape index (κ2) is 9.60. The number of aromatic hydroxyl groups is 3. The lowest BCUT2D eigenvalue weighted by Gasteiger charge is -2.52. The Hall–Kier alpha value is -2.94. The molecule has 0 radical (unpaired) electrons. The van der Waals surface area contributed by atoms with Gasteiger partial charge < -0.3 is 15.3 Å². The smallest absolute Gasteiger partial charge is 0.115 e. The zero-order chi connectivity index (χ0) is 24.5. The Balaban J connectivity index is 1.51. The molecule has 2 saturated carbocycles. The summed E-state index contributed by atoms with van der Waals surface area (Å²) >= 11 is 0. The van der Waals surface area contributed by atoms with E-state index in [1.54, 1.807) is 24.3 Å². The van der Waals surface area contributed by atoms with Crippen LogP contribution in [0.3, 0.4) is 0 Å². The first kappa shape index (κ1) is 23.8. The number of rotatable bonds is 5. The number of benzene rings is 3. The zero-order valence-electron chi connectivity index (χ0n) is 20.8. The van der Waals surface area contributed by atoms with E-state index < -0.39 is 0 Å². The van der Waals surface area contributed by atoms with Crippen molar-refractivity contribution in [1.29, 1.82) is 0 Å². The van der Waals surface area contributed by atoms with E-state index in [-0.39, 0.29) is 10.8 Å². The molecule has 0 aromatic heterocycles. The summed E-state index contributed by atoms with van der Waals surface area (Å²) < 4.78 is 0. The number of hydrogen-bond acceptors (Lipinski definition) is 3. The Labute approximate surface area is 209 Å². The van der Waals surface area contributed by atoms with Crippen LogP contribution < -0.4 is 0 Å². The van der Waals surface area contributed by atoms with Crippen molar-refractivity contribution in [3.63, 3.8) is 0 Å². The highest BCUT2D eigenvalue weighted by Crippen LogP contribution is 2.56. The van der Waals surface area contributed by atoms with Gasteiger partial charge in [0.1, 0.15) is 17.2 Å². The van der Waals surface area contributed by atoms with Gasteiger partial charge in [-0.05, 0) is 109 Å². The molecule has 2 fully saturated rings. The van der Waals surface area contributed by atoms with Crippen LogP contribution in [-0.4, -0.2) is 15.3 Å². The molecule has 2 aliphatic rings. The lowest BCUT2D eigenvalue weighted by atomic mass is 9.52. The molecule has 2 unspecified atom stereocenters. The molecular weight excluding hydrogens is 432 g/mol. The van der Waals surface area contributed by atoms with Gasteiger partial charge in [-0.2, -0.15) is 0 Å². The van der Waals surface area contributed by atoms with Crippen molar-refractivity contribution >= 4 is 0 Å². The summed E-state index contributed by atoms with van der Waals surface area (Å²) in [5.41, 5.74) is 3.94. The molecule has 2 aliphatic carbocycles. The van der Waals surface area contributed by atoms with Crippen LogP contribution in [-0.2, 0) is 10.8 Å². The first-order chi connectivity index (χ1) is 16.9. The van der Waals surface area contributed by atoms with E-state index in [1.807, 2.05) is 12.1 Å². The van der Waals surface area contributed by atoms with E-state index in [0.717, 1.165) is 31.6 Å². The second-order valence-corrected chi connectivity index (χ2v) is 11.0. The maximum Gasteiger partial charge on any atom is 0.115 e. The summed E-state index contributed by atoms with van der Waals surface area (Å²) in [5, 5.41) is 29.8. The van der Waals surface area contributed by atoms with E-state index in [2.05, 4.69) is 43.3 Å². The number of hydrogen-bond donors (Lipinski definition) is 3. The van der Waals surface area contributed by atoms with E-state index in [4.69, 9.17) is 0 Å². The van der Waals surface area contributed by atoms with Crippen LogP contribution in [0.2, 0.25) is 0 Å². The van der Waals surface area contributed by atoms with Crippen LogP contribution in [0.15, 0.2) is 72.8 Å². The molecule has 5 rings (SSSR count). The van der Waals surface area contributed by atoms with Crippen LogP contribution in [0, 0.1) is 11.8 Å². The molecule has 3 aromatic rings. The van der Waals surface area contributed by atoms with Crippen molar-refractivity contribution in [3.05, 3.63) is 89.5 Å². The minimum atomic E-state index is -0.118. The number of phenolic OH excluding ortho intramolecular Hbond substituents is 3. The highest BCUT2D eigenvalue weighted by atomic mass is 16.3. The largest absolute Gasteiger partial charge is 0.508 e. The monoisotopic (exact) mass is 470 g/mol. The Morgan fingerprint density at radius 2 is 1.09 bits per heavy atom. The lowest BCUT2D eigenvalue weighted by molar-refractivity contribution is 0.0972. The molecule has 184 valence electrons. The molecule has 2 atom stereocenters. The summed E-state index contributed by atoms with van der Waals surface area (Å²) in [6.07, 6.45) is 10.7.